The number of hydrogen-bond acceptors (Lipinski definition) is 4. The van der Waals surface area contributed by atoms with Crippen molar-refractivity contribution in [1.29, 1.82) is 0 Å². The van der Waals surface area contributed by atoms with E-state index in [1.165, 1.54) is 0 Å². The van der Waals surface area contributed by atoms with E-state index in [1.807, 2.05) is 13.0 Å². The molecule has 1 aromatic carbocycles. The third-order valence-electron chi connectivity index (χ3n) is 3.31. The lowest BCUT2D eigenvalue weighted by Crippen LogP contribution is -2.32. The van der Waals surface area contributed by atoms with Crippen LogP contribution < -0.4 is 11.1 Å². The van der Waals surface area contributed by atoms with Gasteiger partial charge in [0, 0.05) is 17.0 Å². The van der Waals surface area contributed by atoms with Crippen LogP contribution in [0, 0.1) is 5.92 Å². The summed E-state index contributed by atoms with van der Waals surface area (Å²) in [5, 5.41) is 4.72. The molecule has 7 heteroatoms. The van der Waals surface area contributed by atoms with Gasteiger partial charge in [-0.2, -0.15) is 0 Å². The Morgan fingerprint density at radius 1 is 1.43 bits per heavy atom. The van der Waals surface area contributed by atoms with Crippen molar-refractivity contribution in [3.8, 4) is 0 Å². The van der Waals surface area contributed by atoms with E-state index in [-0.39, 0.29) is 0 Å². The van der Waals surface area contributed by atoms with Crippen LogP contribution in [0.25, 0.3) is 0 Å². The quantitative estimate of drug-likeness (QED) is 0.835. The minimum atomic E-state index is -0.547. The molecule has 0 spiro atoms. The molecule has 23 heavy (non-hydrogen) atoms. The van der Waals surface area contributed by atoms with Gasteiger partial charge in [0.05, 0.1) is 15.6 Å². The molecule has 0 aliphatic carbocycles. The van der Waals surface area contributed by atoms with Crippen LogP contribution in [0.2, 0.25) is 10.0 Å². The number of carbonyl (C=O) groups is 1. The van der Waals surface area contributed by atoms with E-state index in [4.69, 9.17) is 28.9 Å². The van der Waals surface area contributed by atoms with Gasteiger partial charge in [-0.15, -0.1) is 0 Å². The number of amides is 1. The van der Waals surface area contributed by atoms with Crippen LogP contribution in [0.5, 0.6) is 0 Å². The van der Waals surface area contributed by atoms with Crippen molar-refractivity contribution >= 4 is 46.0 Å². The summed E-state index contributed by atoms with van der Waals surface area (Å²) in [4.78, 5) is 16.5. The van der Waals surface area contributed by atoms with Gasteiger partial charge in [0.2, 0.25) is 5.91 Å². The van der Waals surface area contributed by atoms with Crippen molar-refractivity contribution in [3.63, 3.8) is 0 Å². The number of aliphatic imine (C=N–C) groups is 1. The molecule has 0 radical (unpaired) electrons. The monoisotopic (exact) mass is 371 g/mol. The lowest BCUT2D eigenvalue weighted by molar-refractivity contribution is -0.114. The van der Waals surface area contributed by atoms with E-state index < -0.39 is 11.9 Å². The van der Waals surface area contributed by atoms with Crippen molar-refractivity contribution in [3.05, 3.63) is 45.1 Å². The Hall–Kier alpha value is -1.17. The zero-order chi connectivity index (χ0) is 17.1. The molecule has 0 saturated heterocycles. The Labute approximate surface area is 150 Å². The van der Waals surface area contributed by atoms with Crippen molar-refractivity contribution in [2.75, 3.05) is 5.75 Å². The maximum Gasteiger partial charge on any atom is 0.248 e. The summed E-state index contributed by atoms with van der Waals surface area (Å²) in [7, 11) is 0. The van der Waals surface area contributed by atoms with Crippen LogP contribution in [0.1, 0.15) is 32.4 Å². The number of carbonyl (C=O) groups excluding carboxylic acids is 1. The molecule has 0 saturated carbocycles. The van der Waals surface area contributed by atoms with E-state index in [2.05, 4.69) is 24.2 Å². The van der Waals surface area contributed by atoms with Crippen molar-refractivity contribution in [1.82, 2.24) is 5.32 Å². The molecule has 0 bridgehead atoms. The van der Waals surface area contributed by atoms with E-state index in [1.54, 1.807) is 23.9 Å². The first-order valence-corrected chi connectivity index (χ1v) is 8.97. The average Bonchev–Trinajstić information content (AvgIpc) is 2.47. The number of halogens is 2. The number of amidine groups is 1. The molecule has 1 heterocycles. The normalized spacial score (nSPS) is 18.0. The number of nitrogens with two attached hydrogens (primary N) is 1. The number of primary amides is 1. The highest BCUT2D eigenvalue weighted by Crippen LogP contribution is 2.38. The maximum atomic E-state index is 11.9. The van der Waals surface area contributed by atoms with E-state index in [9.17, 15) is 4.79 Å². The lowest BCUT2D eigenvalue weighted by atomic mass is 9.96. The van der Waals surface area contributed by atoms with E-state index in [0.717, 1.165) is 10.9 Å². The number of nitrogens with zero attached hydrogens (tertiary/aromatic N) is 1. The van der Waals surface area contributed by atoms with Gasteiger partial charge in [-0.25, -0.2) is 4.99 Å². The number of hydrogen-bond donors (Lipinski definition) is 2. The Bertz CT molecular complexity index is 686. The predicted molar refractivity (Wildman–Crippen MR) is 99.0 cm³/mol. The smallest absolute Gasteiger partial charge is 0.248 e. The van der Waals surface area contributed by atoms with Crippen LogP contribution in [-0.4, -0.2) is 16.8 Å². The molecule has 1 aromatic rings. The first kappa shape index (κ1) is 18.2. The minimum Gasteiger partial charge on any atom is -0.366 e. The summed E-state index contributed by atoms with van der Waals surface area (Å²) in [6.07, 6.45) is 0. The van der Waals surface area contributed by atoms with Crippen molar-refractivity contribution in [2.24, 2.45) is 16.6 Å². The van der Waals surface area contributed by atoms with Gasteiger partial charge in [0.15, 0.2) is 5.17 Å². The molecule has 1 amide bonds. The predicted octanol–water partition coefficient (Wildman–Crippen LogP) is 4.14. The van der Waals surface area contributed by atoms with Crippen LogP contribution in [-0.2, 0) is 4.79 Å². The summed E-state index contributed by atoms with van der Waals surface area (Å²) in [5.41, 5.74) is 7.33. The largest absolute Gasteiger partial charge is 0.366 e. The number of allylic oxidation sites excluding steroid dienone is 1. The first-order valence-electron chi connectivity index (χ1n) is 7.23. The summed E-state index contributed by atoms with van der Waals surface area (Å²) in [6.45, 7) is 6.09. The van der Waals surface area contributed by atoms with Crippen LogP contribution >= 0.6 is 35.0 Å². The highest BCUT2D eigenvalue weighted by Gasteiger charge is 2.29. The molecular weight excluding hydrogens is 353 g/mol. The molecule has 2 rings (SSSR count). The molecule has 1 aliphatic heterocycles. The van der Waals surface area contributed by atoms with Crippen LogP contribution in [0.15, 0.2) is 34.5 Å². The van der Waals surface area contributed by atoms with Gasteiger partial charge in [-0.05, 0) is 18.9 Å². The fraction of sp³-hybridized carbons (Fsp3) is 0.375. The van der Waals surface area contributed by atoms with Gasteiger partial charge in [-0.1, -0.05) is 60.9 Å². The molecule has 0 fully saturated rings. The number of benzene rings is 1. The zero-order valence-electron chi connectivity index (χ0n) is 13.2. The van der Waals surface area contributed by atoms with Gasteiger partial charge < -0.3 is 11.1 Å². The Morgan fingerprint density at radius 2 is 2.13 bits per heavy atom. The number of nitrogens with one attached hydrogen (secondary N) is 1. The zero-order valence-corrected chi connectivity index (χ0v) is 15.5. The molecular formula is C16H19Cl2N3OS. The third-order valence-corrected chi connectivity index (χ3v) is 5.46. The average molecular weight is 372 g/mol. The summed E-state index contributed by atoms with van der Waals surface area (Å²) >= 11 is 14.0. The van der Waals surface area contributed by atoms with Crippen molar-refractivity contribution in [2.45, 2.75) is 26.8 Å². The molecule has 1 atom stereocenters. The first-order chi connectivity index (χ1) is 10.8. The van der Waals surface area contributed by atoms with Crippen LogP contribution in [0.4, 0.5) is 0 Å². The number of rotatable bonds is 4. The molecule has 1 aliphatic rings. The summed E-state index contributed by atoms with van der Waals surface area (Å²) < 4.78 is 0. The topological polar surface area (TPSA) is 67.5 Å². The standard InChI is InChI=1S/C16H19Cl2N3OS/c1-8(2)7-23-16-20-9(3)12(15(19)22)14(21-16)10-5-4-6-11(17)13(10)18/h4-6,8,14H,7H2,1-3H3,(H2,19,22)(H,20,21)/t14-/m1/s1. The lowest BCUT2D eigenvalue weighted by Gasteiger charge is -2.26. The minimum absolute atomic E-state index is 0.393. The molecule has 0 aromatic heterocycles. The van der Waals surface area contributed by atoms with Gasteiger partial charge >= 0.3 is 0 Å². The summed E-state index contributed by atoms with van der Waals surface area (Å²) in [5.74, 6) is 0.924. The van der Waals surface area contributed by atoms with Gasteiger partial charge in [-0.3, -0.25) is 4.79 Å². The second kappa shape index (κ2) is 7.60. The molecule has 124 valence electrons. The van der Waals surface area contributed by atoms with E-state index in [0.29, 0.717) is 32.8 Å². The Kier molecular flexibility index (Phi) is 6.00. The fourth-order valence-electron chi connectivity index (χ4n) is 2.24. The van der Waals surface area contributed by atoms with Gasteiger partial charge in [0.1, 0.15) is 6.04 Å². The maximum absolute atomic E-state index is 11.9. The molecule has 0 unspecified atom stereocenters. The fourth-order valence-corrected chi connectivity index (χ4v) is 3.55. The molecule has 4 nitrogen and oxygen atoms in total. The molecule has 3 N–H and O–H groups in total. The highest BCUT2D eigenvalue weighted by atomic mass is 35.5. The Balaban J connectivity index is 2.46. The number of thioether (sulfide) groups is 1. The van der Waals surface area contributed by atoms with Crippen LogP contribution in [0.3, 0.4) is 0 Å². The third kappa shape index (κ3) is 4.22. The summed E-state index contributed by atoms with van der Waals surface area (Å²) in [6, 6.07) is 4.76. The second-order valence-corrected chi connectivity index (χ2v) is 7.51. The SMILES string of the molecule is CC1=C(C(N)=O)[C@@H](c2cccc(Cl)c2Cl)N=C(SCC(C)C)N1. The van der Waals surface area contributed by atoms with E-state index >= 15 is 0 Å². The van der Waals surface area contributed by atoms with Gasteiger partial charge in [0.25, 0.3) is 0 Å². The highest BCUT2D eigenvalue weighted by molar-refractivity contribution is 8.13. The second-order valence-electron chi connectivity index (χ2n) is 5.71. The Morgan fingerprint density at radius 3 is 2.74 bits per heavy atom. The van der Waals surface area contributed by atoms with Crippen molar-refractivity contribution < 1.29 is 4.79 Å².